The molecule has 3 fully saturated rings. The molecular weight excluding hydrogens is 938 g/mol. The summed E-state index contributed by atoms with van der Waals surface area (Å²) in [4.78, 5) is 77.1. The molecule has 18 heteroatoms. The van der Waals surface area contributed by atoms with Crippen LogP contribution in [0, 0.1) is 24.1 Å². The number of carboxylic acids is 1. The standard InChI is InChI=1S/C54H52FN9O7S/c1-30-24-33(71-29-31-25-54(26-31)19-22-63(23-20-54)28-45(66)56-41-15-12-37-47(61-62(2)49(37)46(41)55)38-14-17-44(65)59-51(38)68)10-11-34(30)35-13-16-43(58-48(35)52(69)70)64-21-18-32-6-5-7-36(39(32)27-64)50(67)60-53-57-40-8-3-4-9-42(40)72-53/h3-13,15-16,24,31,38H,14,17-23,25-29H2,1-2H3,(H,56,66)(H,69,70)(H,57,60,67)(H,59,65,68). The number of carboxylic acid groups (broad SMARTS) is 1. The second-order valence-electron chi connectivity index (χ2n) is 19.6. The number of nitrogens with zero attached hydrogens (tertiary/aromatic N) is 6. The summed E-state index contributed by atoms with van der Waals surface area (Å²) in [6.07, 6.45) is 5.12. The molecule has 1 unspecified atom stereocenters. The predicted molar refractivity (Wildman–Crippen MR) is 271 cm³/mol. The zero-order valence-electron chi connectivity index (χ0n) is 39.8. The molecule has 4 aliphatic rings. The minimum absolute atomic E-state index is 0.0450. The summed E-state index contributed by atoms with van der Waals surface area (Å²) in [5.41, 5.74) is 6.22. The Labute approximate surface area is 417 Å². The number of hydrogen-bond donors (Lipinski definition) is 4. The van der Waals surface area contributed by atoms with Crippen LogP contribution >= 0.6 is 11.3 Å². The number of carbonyl (C=O) groups is 5. The summed E-state index contributed by atoms with van der Waals surface area (Å²) < 4.78 is 24.5. The van der Waals surface area contributed by atoms with Crippen LogP contribution in [0.4, 0.5) is 21.0 Å². The molecule has 3 aliphatic heterocycles. The molecule has 1 spiro atoms. The summed E-state index contributed by atoms with van der Waals surface area (Å²) in [5, 5.41) is 23.9. The fourth-order valence-corrected chi connectivity index (χ4v) is 12.1. The van der Waals surface area contributed by atoms with Gasteiger partial charge in [0.25, 0.3) is 5.91 Å². The topological polar surface area (TPSA) is 201 Å². The van der Waals surface area contributed by atoms with Crippen LogP contribution in [-0.4, -0.2) is 92.1 Å². The van der Waals surface area contributed by atoms with Gasteiger partial charge in [-0.15, -0.1) is 0 Å². The first kappa shape index (κ1) is 46.8. The number of rotatable bonds is 12. The van der Waals surface area contributed by atoms with E-state index in [2.05, 4.69) is 30.9 Å². The van der Waals surface area contributed by atoms with Gasteiger partial charge in [0.2, 0.25) is 17.7 Å². The Kier molecular flexibility index (Phi) is 12.3. The summed E-state index contributed by atoms with van der Waals surface area (Å²) >= 11 is 1.42. The lowest BCUT2D eigenvalue weighted by molar-refractivity contribution is -0.134. The number of hydrogen-bond acceptors (Lipinski definition) is 12. The van der Waals surface area contributed by atoms with Gasteiger partial charge in [-0.05, 0) is 147 Å². The van der Waals surface area contributed by atoms with Gasteiger partial charge in [-0.25, -0.2) is 19.2 Å². The van der Waals surface area contributed by atoms with E-state index in [1.807, 2.05) is 84.6 Å². The van der Waals surface area contributed by atoms with Crippen molar-refractivity contribution < 1.29 is 38.2 Å². The molecule has 4 amide bonds. The van der Waals surface area contributed by atoms with Crippen LogP contribution in [-0.2, 0) is 34.4 Å². The number of nitrogens with one attached hydrogen (secondary N) is 3. The molecular formula is C54H52FN9O7S. The zero-order chi connectivity index (χ0) is 49.8. The Bertz CT molecular complexity index is 3320. The molecule has 1 aliphatic carbocycles. The van der Waals surface area contributed by atoms with E-state index in [4.69, 9.17) is 9.72 Å². The van der Waals surface area contributed by atoms with E-state index in [0.29, 0.717) is 77.4 Å². The highest BCUT2D eigenvalue weighted by Gasteiger charge is 2.46. The SMILES string of the molecule is Cc1cc(OCC2CC3(CCN(CC(=O)Nc4ccc5c(C6CCC(=O)NC6=O)nn(C)c5c4F)CC3)C2)ccc1-c1ccc(N2CCc3cccc(C(=O)Nc4nc5ccccc5s4)c3C2)nc1C(=O)O. The molecule has 3 aromatic heterocycles. The monoisotopic (exact) mass is 989 g/mol. The largest absolute Gasteiger partial charge is 0.493 e. The maximum atomic E-state index is 15.8. The summed E-state index contributed by atoms with van der Waals surface area (Å²) in [5.74, 6) is -2.14. The third-order valence-corrected chi connectivity index (χ3v) is 15.9. The van der Waals surface area contributed by atoms with Crippen LogP contribution in [0.1, 0.15) is 87.7 Å². The van der Waals surface area contributed by atoms with Crippen LogP contribution in [0.25, 0.3) is 32.2 Å². The van der Waals surface area contributed by atoms with Crippen molar-refractivity contribution in [1.82, 2.24) is 30.0 Å². The van der Waals surface area contributed by atoms with E-state index in [-0.39, 0.29) is 53.0 Å². The zero-order valence-corrected chi connectivity index (χ0v) is 40.6. The number of thiazole rings is 1. The molecule has 4 aromatic carbocycles. The molecule has 6 heterocycles. The number of pyridine rings is 1. The van der Waals surface area contributed by atoms with Crippen LogP contribution in [0.2, 0.25) is 0 Å². The number of anilines is 3. The van der Waals surface area contributed by atoms with Gasteiger partial charge < -0.3 is 20.1 Å². The highest BCUT2D eigenvalue weighted by molar-refractivity contribution is 7.22. The fraction of sp³-hybridized carbons (Fsp3) is 0.333. The lowest BCUT2D eigenvalue weighted by Gasteiger charge is -2.52. The van der Waals surface area contributed by atoms with Gasteiger partial charge in [0.05, 0.1) is 40.7 Å². The van der Waals surface area contributed by atoms with E-state index in [9.17, 15) is 29.1 Å². The second kappa shape index (κ2) is 18.9. The first-order valence-corrected chi connectivity index (χ1v) is 25.1. The van der Waals surface area contributed by atoms with Crippen molar-refractivity contribution in [2.24, 2.45) is 18.4 Å². The third kappa shape index (κ3) is 9.04. The van der Waals surface area contributed by atoms with E-state index in [0.717, 1.165) is 71.2 Å². The van der Waals surface area contributed by atoms with Crippen molar-refractivity contribution in [3.63, 3.8) is 0 Å². The molecule has 11 rings (SSSR count). The Balaban J connectivity index is 0.668. The normalized spacial score (nSPS) is 17.9. The lowest BCUT2D eigenvalue weighted by atomic mass is 9.58. The number of aromatic nitrogens is 4. The van der Waals surface area contributed by atoms with Gasteiger partial charge >= 0.3 is 5.97 Å². The predicted octanol–water partition coefficient (Wildman–Crippen LogP) is 8.24. The van der Waals surface area contributed by atoms with Gasteiger partial charge in [0, 0.05) is 43.1 Å². The van der Waals surface area contributed by atoms with Crippen molar-refractivity contribution in [1.29, 1.82) is 0 Å². The minimum atomic E-state index is -1.13. The minimum Gasteiger partial charge on any atom is -0.493 e. The fourth-order valence-electron chi connectivity index (χ4n) is 11.3. The number of ether oxygens (including phenoxy) is 1. The average Bonchev–Trinajstić information content (AvgIpc) is 3.93. The Morgan fingerprint density at radius 1 is 0.931 bits per heavy atom. The number of amides is 4. The van der Waals surface area contributed by atoms with Crippen molar-refractivity contribution in [2.45, 2.75) is 64.3 Å². The molecule has 16 nitrogen and oxygen atoms in total. The molecule has 2 saturated heterocycles. The Hall–Kier alpha value is -7.57. The van der Waals surface area contributed by atoms with Crippen LogP contribution in [0.15, 0.2) is 84.9 Å². The van der Waals surface area contributed by atoms with E-state index in [1.165, 1.54) is 22.1 Å². The molecule has 368 valence electrons. The van der Waals surface area contributed by atoms with Crippen molar-refractivity contribution in [3.8, 4) is 16.9 Å². The van der Waals surface area contributed by atoms with Crippen molar-refractivity contribution in [2.75, 3.05) is 48.3 Å². The number of piperidine rings is 2. The highest BCUT2D eigenvalue weighted by atomic mass is 32.1. The van der Waals surface area contributed by atoms with Gasteiger partial charge in [0.15, 0.2) is 16.6 Å². The summed E-state index contributed by atoms with van der Waals surface area (Å²) in [7, 11) is 1.59. The molecule has 0 radical (unpaired) electrons. The van der Waals surface area contributed by atoms with Gasteiger partial charge in [0.1, 0.15) is 17.1 Å². The number of imide groups is 1. The third-order valence-electron chi connectivity index (χ3n) is 15.0. The van der Waals surface area contributed by atoms with Crippen molar-refractivity contribution >= 4 is 78.7 Å². The van der Waals surface area contributed by atoms with E-state index in [1.54, 1.807) is 13.1 Å². The second-order valence-corrected chi connectivity index (χ2v) is 20.7. The van der Waals surface area contributed by atoms with Crippen LogP contribution in [0.5, 0.6) is 5.75 Å². The Morgan fingerprint density at radius 3 is 2.51 bits per heavy atom. The van der Waals surface area contributed by atoms with Gasteiger partial charge in [-0.3, -0.25) is 39.4 Å². The number of aromatic carboxylic acids is 1. The van der Waals surface area contributed by atoms with Crippen molar-refractivity contribution in [3.05, 3.63) is 124 Å². The number of para-hydroxylation sites is 1. The number of halogens is 1. The smallest absolute Gasteiger partial charge is 0.355 e. The molecule has 7 aromatic rings. The van der Waals surface area contributed by atoms with Gasteiger partial charge in [-0.1, -0.05) is 41.7 Å². The number of carbonyl (C=O) groups excluding carboxylic acids is 4. The maximum Gasteiger partial charge on any atom is 0.355 e. The van der Waals surface area contributed by atoms with E-state index >= 15 is 4.39 Å². The number of fused-ring (bicyclic) bond motifs is 3. The first-order valence-electron chi connectivity index (χ1n) is 24.3. The number of likely N-dealkylation sites (tertiary alicyclic amines) is 1. The maximum absolute atomic E-state index is 15.8. The highest BCUT2D eigenvalue weighted by Crippen LogP contribution is 2.52. The summed E-state index contributed by atoms with van der Waals surface area (Å²) in [6, 6.07) is 26.0. The number of aryl methyl sites for hydroxylation is 2. The van der Waals surface area contributed by atoms with E-state index < -0.39 is 23.6 Å². The molecule has 1 atom stereocenters. The lowest BCUT2D eigenvalue weighted by Crippen LogP contribution is -2.49. The molecule has 0 bridgehead atoms. The van der Waals surface area contributed by atoms with Crippen LogP contribution in [0.3, 0.4) is 0 Å². The van der Waals surface area contributed by atoms with Crippen LogP contribution < -0.4 is 25.6 Å². The average molecular weight is 990 g/mol. The molecule has 4 N–H and O–H groups in total. The molecule has 1 saturated carbocycles. The Morgan fingerprint density at radius 2 is 1.74 bits per heavy atom. The first-order chi connectivity index (χ1) is 34.8. The van der Waals surface area contributed by atoms with Gasteiger partial charge in [-0.2, -0.15) is 5.10 Å². The summed E-state index contributed by atoms with van der Waals surface area (Å²) in [6.45, 7) is 5.16. The quantitative estimate of drug-likeness (QED) is 0.0856. The number of benzene rings is 4. The molecule has 72 heavy (non-hydrogen) atoms.